The summed E-state index contributed by atoms with van der Waals surface area (Å²) in [5, 5.41) is 9.57. The molecule has 2 aliphatic heterocycles. The first-order valence-electron chi connectivity index (χ1n) is 7.99. The minimum Gasteiger partial charge on any atom is -0.481 e. The van der Waals surface area contributed by atoms with Gasteiger partial charge < -0.3 is 5.11 Å². The van der Waals surface area contributed by atoms with E-state index >= 15 is 0 Å². The van der Waals surface area contributed by atoms with E-state index in [1.165, 1.54) is 0 Å². The molecular weight excluding hydrogens is 352 g/mol. The van der Waals surface area contributed by atoms with E-state index in [0.717, 1.165) is 12.1 Å². The minimum absolute atomic E-state index is 0.0421. The SMILES string of the molecule is O=C(O)CCN1CCN(Cc2ccc(Cl)cc2)[C@@H]2CS(=O)(=O)C[C@@H]21. The van der Waals surface area contributed by atoms with Crippen molar-refractivity contribution in [2.45, 2.75) is 25.0 Å². The number of nitrogens with zero attached hydrogens (tertiary/aromatic N) is 2. The maximum Gasteiger partial charge on any atom is 0.304 e. The Balaban J connectivity index is 1.74. The highest BCUT2D eigenvalue weighted by atomic mass is 35.5. The van der Waals surface area contributed by atoms with Gasteiger partial charge in [0.05, 0.1) is 17.9 Å². The first-order valence-corrected chi connectivity index (χ1v) is 10.2. The van der Waals surface area contributed by atoms with Gasteiger partial charge in [0, 0.05) is 43.3 Å². The van der Waals surface area contributed by atoms with Crippen LogP contribution < -0.4 is 0 Å². The van der Waals surface area contributed by atoms with Gasteiger partial charge in [0.1, 0.15) is 0 Å². The fourth-order valence-electron chi connectivity index (χ4n) is 3.63. The first kappa shape index (κ1) is 17.7. The predicted molar refractivity (Wildman–Crippen MR) is 91.9 cm³/mol. The lowest BCUT2D eigenvalue weighted by Gasteiger charge is -2.43. The molecule has 0 amide bonds. The number of rotatable bonds is 5. The van der Waals surface area contributed by atoms with E-state index in [1.54, 1.807) is 0 Å². The molecule has 0 aromatic heterocycles. The number of hydrogen-bond acceptors (Lipinski definition) is 5. The Morgan fingerprint density at radius 1 is 1.12 bits per heavy atom. The molecule has 6 nitrogen and oxygen atoms in total. The van der Waals surface area contributed by atoms with Gasteiger partial charge in [0.25, 0.3) is 0 Å². The zero-order chi connectivity index (χ0) is 17.3. The maximum atomic E-state index is 12.1. The van der Waals surface area contributed by atoms with Gasteiger partial charge in [-0.2, -0.15) is 0 Å². The van der Waals surface area contributed by atoms with Crippen molar-refractivity contribution in [1.82, 2.24) is 9.80 Å². The maximum absolute atomic E-state index is 12.1. The number of piperazine rings is 1. The Hall–Kier alpha value is -1.15. The topological polar surface area (TPSA) is 77.9 Å². The van der Waals surface area contributed by atoms with Crippen molar-refractivity contribution in [3.63, 3.8) is 0 Å². The lowest BCUT2D eigenvalue weighted by Crippen LogP contribution is -2.58. The predicted octanol–water partition coefficient (Wildman–Crippen LogP) is 1.10. The first-order chi connectivity index (χ1) is 11.3. The molecule has 0 radical (unpaired) electrons. The normalized spacial score (nSPS) is 27.0. The molecule has 1 aromatic rings. The van der Waals surface area contributed by atoms with Gasteiger partial charge in [-0.05, 0) is 17.7 Å². The third-order valence-electron chi connectivity index (χ3n) is 4.82. The van der Waals surface area contributed by atoms with Crippen molar-refractivity contribution in [3.05, 3.63) is 34.9 Å². The van der Waals surface area contributed by atoms with Crippen LogP contribution in [0.15, 0.2) is 24.3 Å². The van der Waals surface area contributed by atoms with Crippen molar-refractivity contribution >= 4 is 27.4 Å². The van der Waals surface area contributed by atoms with Gasteiger partial charge in [-0.25, -0.2) is 8.42 Å². The highest BCUT2D eigenvalue weighted by Gasteiger charge is 2.46. The monoisotopic (exact) mass is 372 g/mol. The summed E-state index contributed by atoms with van der Waals surface area (Å²) < 4.78 is 24.3. The van der Waals surface area contributed by atoms with Crippen molar-refractivity contribution in [2.24, 2.45) is 0 Å². The lowest BCUT2D eigenvalue weighted by atomic mass is 10.0. The van der Waals surface area contributed by atoms with Crippen LogP contribution in [-0.2, 0) is 21.2 Å². The molecule has 1 N–H and O–H groups in total. The fraction of sp³-hybridized carbons (Fsp3) is 0.562. The average molecular weight is 373 g/mol. The smallest absolute Gasteiger partial charge is 0.304 e. The molecule has 132 valence electrons. The summed E-state index contributed by atoms with van der Waals surface area (Å²) in [6.45, 7) is 2.51. The third-order valence-corrected chi connectivity index (χ3v) is 6.77. The Morgan fingerprint density at radius 2 is 1.71 bits per heavy atom. The molecule has 8 heteroatoms. The van der Waals surface area contributed by atoms with Crippen LogP contribution in [0.5, 0.6) is 0 Å². The molecule has 24 heavy (non-hydrogen) atoms. The van der Waals surface area contributed by atoms with Crippen LogP contribution in [0.1, 0.15) is 12.0 Å². The second-order valence-corrected chi connectivity index (χ2v) is 9.08. The molecule has 0 unspecified atom stereocenters. The van der Waals surface area contributed by atoms with Crippen molar-refractivity contribution in [2.75, 3.05) is 31.1 Å². The number of carbonyl (C=O) groups is 1. The number of benzene rings is 1. The van der Waals surface area contributed by atoms with Crippen molar-refractivity contribution < 1.29 is 18.3 Å². The summed E-state index contributed by atoms with van der Waals surface area (Å²) in [5.74, 6) is -0.584. The number of carboxylic acid groups (broad SMARTS) is 1. The van der Waals surface area contributed by atoms with Gasteiger partial charge in [-0.1, -0.05) is 23.7 Å². The quantitative estimate of drug-likeness (QED) is 0.833. The summed E-state index contributed by atoms with van der Waals surface area (Å²) in [7, 11) is -3.08. The van der Waals surface area contributed by atoms with Crippen LogP contribution in [-0.4, -0.2) is 72.5 Å². The summed E-state index contributed by atoms with van der Waals surface area (Å²) in [6.07, 6.45) is 0.0421. The van der Waals surface area contributed by atoms with Gasteiger partial charge in [0.15, 0.2) is 9.84 Å². The Morgan fingerprint density at radius 3 is 2.33 bits per heavy atom. The van der Waals surface area contributed by atoms with E-state index in [1.807, 2.05) is 29.2 Å². The number of aliphatic carboxylic acids is 1. The van der Waals surface area contributed by atoms with Gasteiger partial charge >= 0.3 is 5.97 Å². The van der Waals surface area contributed by atoms with Crippen LogP contribution in [0, 0.1) is 0 Å². The molecule has 2 heterocycles. The second kappa shape index (κ2) is 7.00. The van der Waals surface area contributed by atoms with Crippen LogP contribution in [0.3, 0.4) is 0 Å². The van der Waals surface area contributed by atoms with Crippen LogP contribution in [0.4, 0.5) is 0 Å². The summed E-state index contributed by atoms with van der Waals surface area (Å²) >= 11 is 5.91. The molecule has 0 spiro atoms. The Labute approximate surface area is 146 Å². The number of fused-ring (bicyclic) bond motifs is 1. The van der Waals surface area contributed by atoms with Crippen LogP contribution in [0.2, 0.25) is 5.02 Å². The fourth-order valence-corrected chi connectivity index (χ4v) is 5.80. The Bertz CT molecular complexity index is 707. The van der Waals surface area contributed by atoms with E-state index in [2.05, 4.69) is 4.90 Å². The molecule has 2 saturated heterocycles. The number of halogens is 1. The highest BCUT2D eigenvalue weighted by molar-refractivity contribution is 7.91. The standard InChI is InChI=1S/C16H21ClN2O4S/c17-13-3-1-12(2-4-13)9-19-8-7-18(6-5-16(20)21)14-10-24(22,23)11-15(14)19/h1-4,14-15H,5-11H2,(H,20,21)/t14-,15+/m0/s1. The number of sulfone groups is 1. The van der Waals surface area contributed by atoms with Gasteiger partial charge in [0.2, 0.25) is 0 Å². The summed E-state index contributed by atoms with van der Waals surface area (Å²) in [5.41, 5.74) is 1.10. The van der Waals surface area contributed by atoms with Gasteiger partial charge in [-0.15, -0.1) is 0 Å². The van der Waals surface area contributed by atoms with E-state index in [9.17, 15) is 13.2 Å². The molecule has 0 aliphatic carbocycles. The lowest BCUT2D eigenvalue weighted by molar-refractivity contribution is -0.137. The van der Waals surface area contributed by atoms with Crippen LogP contribution >= 0.6 is 11.6 Å². The largest absolute Gasteiger partial charge is 0.481 e. The molecule has 2 aliphatic rings. The third kappa shape index (κ3) is 4.08. The van der Waals surface area contributed by atoms with Crippen molar-refractivity contribution in [3.8, 4) is 0 Å². The molecule has 1 aromatic carbocycles. The zero-order valence-corrected chi connectivity index (χ0v) is 14.8. The van der Waals surface area contributed by atoms with E-state index in [0.29, 0.717) is 24.7 Å². The van der Waals surface area contributed by atoms with E-state index in [-0.39, 0.29) is 30.0 Å². The molecule has 0 saturated carbocycles. The number of hydrogen-bond donors (Lipinski definition) is 1. The molecule has 2 fully saturated rings. The number of carboxylic acids is 1. The Kier molecular flexibility index (Phi) is 5.15. The highest BCUT2D eigenvalue weighted by Crippen LogP contribution is 2.28. The van der Waals surface area contributed by atoms with E-state index < -0.39 is 15.8 Å². The molecule has 3 rings (SSSR count). The second-order valence-electron chi connectivity index (χ2n) is 6.49. The zero-order valence-electron chi connectivity index (χ0n) is 13.3. The minimum atomic E-state index is -3.08. The molecule has 0 bridgehead atoms. The molecular formula is C16H21ClN2O4S. The van der Waals surface area contributed by atoms with Crippen molar-refractivity contribution in [1.29, 1.82) is 0 Å². The summed E-state index contributed by atoms with van der Waals surface area (Å²) in [6, 6.07) is 7.39. The molecule has 2 atom stereocenters. The summed E-state index contributed by atoms with van der Waals surface area (Å²) in [4.78, 5) is 15.1. The van der Waals surface area contributed by atoms with Gasteiger partial charge in [-0.3, -0.25) is 14.6 Å². The van der Waals surface area contributed by atoms with Crippen LogP contribution in [0.25, 0.3) is 0 Å². The average Bonchev–Trinajstić information content (AvgIpc) is 2.84. The van der Waals surface area contributed by atoms with E-state index in [4.69, 9.17) is 16.7 Å².